The molecule has 1 aliphatic rings. The van der Waals surface area contributed by atoms with Gasteiger partial charge in [-0.3, -0.25) is 0 Å². The smallest absolute Gasteiger partial charge is 0.211 e. The molecular weight excluding hydrogens is 192 g/mol. The first-order valence-electron chi connectivity index (χ1n) is 5.44. The van der Waals surface area contributed by atoms with Crippen molar-refractivity contribution < 1.29 is 9.59 Å². The number of nitrogens with zero attached hydrogens (tertiary/aromatic N) is 2. The lowest BCUT2D eigenvalue weighted by Gasteiger charge is -2.31. The summed E-state index contributed by atoms with van der Waals surface area (Å²) in [5, 5.41) is 0. The molecule has 0 aromatic heterocycles. The van der Waals surface area contributed by atoms with E-state index in [9.17, 15) is 9.59 Å². The summed E-state index contributed by atoms with van der Waals surface area (Å²) in [6, 6.07) is 0. The van der Waals surface area contributed by atoms with E-state index < -0.39 is 5.66 Å². The van der Waals surface area contributed by atoms with Crippen molar-refractivity contribution in [3.8, 4) is 0 Å². The van der Waals surface area contributed by atoms with Gasteiger partial charge in [0.2, 0.25) is 12.2 Å². The Labute approximate surface area is 89.5 Å². The van der Waals surface area contributed by atoms with Crippen molar-refractivity contribution in [1.29, 1.82) is 0 Å². The van der Waals surface area contributed by atoms with Crippen molar-refractivity contribution in [1.82, 2.24) is 0 Å². The Morgan fingerprint density at radius 3 is 2.13 bits per heavy atom. The van der Waals surface area contributed by atoms with Gasteiger partial charge < -0.3 is 0 Å². The van der Waals surface area contributed by atoms with E-state index in [4.69, 9.17) is 0 Å². The predicted molar refractivity (Wildman–Crippen MR) is 55.8 cm³/mol. The number of hydrogen-bond donors (Lipinski definition) is 0. The van der Waals surface area contributed by atoms with Crippen molar-refractivity contribution in [3.63, 3.8) is 0 Å². The van der Waals surface area contributed by atoms with Crippen LogP contribution < -0.4 is 0 Å². The number of rotatable bonds is 4. The molecule has 1 aliphatic carbocycles. The highest BCUT2D eigenvalue weighted by Crippen LogP contribution is 2.37. The summed E-state index contributed by atoms with van der Waals surface area (Å²) >= 11 is 0. The second-order valence-electron chi connectivity index (χ2n) is 4.12. The lowest BCUT2D eigenvalue weighted by molar-refractivity contribution is 0.233. The number of aliphatic imine (C=N–C) groups is 2. The highest BCUT2D eigenvalue weighted by Gasteiger charge is 2.34. The van der Waals surface area contributed by atoms with Gasteiger partial charge in [-0.15, -0.1) is 0 Å². The topological polar surface area (TPSA) is 58.9 Å². The monoisotopic (exact) mass is 208 g/mol. The Balaban J connectivity index is 2.65. The van der Waals surface area contributed by atoms with Crippen LogP contribution >= 0.6 is 0 Å². The molecule has 1 fully saturated rings. The summed E-state index contributed by atoms with van der Waals surface area (Å²) in [6.07, 6.45) is 8.69. The number of carbonyl (C=O) groups excluding carboxylic acids is 2. The first-order valence-corrected chi connectivity index (χ1v) is 5.44. The first-order chi connectivity index (χ1) is 7.26. The minimum absolute atomic E-state index is 0.669. The molecule has 0 aromatic rings. The van der Waals surface area contributed by atoms with Gasteiger partial charge in [0.25, 0.3) is 0 Å². The third-order valence-electron chi connectivity index (χ3n) is 3.11. The first kappa shape index (κ1) is 11.8. The van der Waals surface area contributed by atoms with Crippen LogP contribution in [0.4, 0.5) is 0 Å². The van der Waals surface area contributed by atoms with Gasteiger partial charge in [-0.05, 0) is 31.6 Å². The Morgan fingerprint density at radius 1 is 1.20 bits per heavy atom. The van der Waals surface area contributed by atoms with Crippen LogP contribution in [0.3, 0.4) is 0 Å². The fourth-order valence-corrected chi connectivity index (χ4v) is 2.26. The fourth-order valence-electron chi connectivity index (χ4n) is 2.26. The van der Waals surface area contributed by atoms with Crippen molar-refractivity contribution in [2.45, 2.75) is 51.1 Å². The quantitative estimate of drug-likeness (QED) is 0.526. The second kappa shape index (κ2) is 5.59. The van der Waals surface area contributed by atoms with E-state index in [1.807, 2.05) is 0 Å². The zero-order valence-corrected chi connectivity index (χ0v) is 9.03. The maximum absolute atomic E-state index is 10.3. The van der Waals surface area contributed by atoms with E-state index >= 15 is 0 Å². The molecule has 4 nitrogen and oxygen atoms in total. The molecule has 1 rings (SSSR count). The fraction of sp³-hybridized carbons (Fsp3) is 0.818. The normalized spacial score (nSPS) is 30.1. The second-order valence-corrected chi connectivity index (χ2v) is 4.12. The van der Waals surface area contributed by atoms with Gasteiger partial charge in [0.15, 0.2) is 5.66 Å². The van der Waals surface area contributed by atoms with Crippen LogP contribution in [0.15, 0.2) is 9.98 Å². The Hall–Kier alpha value is -1.24. The van der Waals surface area contributed by atoms with E-state index in [0.29, 0.717) is 18.8 Å². The molecule has 0 unspecified atom stereocenters. The highest BCUT2D eigenvalue weighted by atomic mass is 16.1. The summed E-state index contributed by atoms with van der Waals surface area (Å²) in [5.74, 6) is 0.687. The van der Waals surface area contributed by atoms with E-state index in [2.05, 4.69) is 16.9 Å². The van der Waals surface area contributed by atoms with Crippen molar-refractivity contribution in [3.05, 3.63) is 0 Å². The summed E-state index contributed by atoms with van der Waals surface area (Å²) in [7, 11) is 0. The summed E-state index contributed by atoms with van der Waals surface area (Å²) in [5.41, 5.74) is -0.840. The number of isocyanates is 2. The van der Waals surface area contributed by atoms with Crippen LogP contribution in [-0.2, 0) is 9.59 Å². The van der Waals surface area contributed by atoms with Gasteiger partial charge in [-0.2, -0.15) is 9.98 Å². The Morgan fingerprint density at radius 2 is 1.73 bits per heavy atom. The Bertz CT molecular complexity index is 274. The lowest BCUT2D eigenvalue weighted by atomic mass is 9.80. The average molecular weight is 208 g/mol. The minimum atomic E-state index is -0.840. The molecule has 0 saturated heterocycles. The van der Waals surface area contributed by atoms with Gasteiger partial charge >= 0.3 is 0 Å². The Kier molecular flexibility index (Phi) is 4.41. The maximum atomic E-state index is 10.3. The molecule has 0 radical (unpaired) electrons. The zero-order chi connectivity index (χ0) is 11.1. The van der Waals surface area contributed by atoms with Gasteiger partial charge in [0.05, 0.1) is 0 Å². The highest BCUT2D eigenvalue weighted by molar-refractivity contribution is 5.39. The molecule has 0 N–H and O–H groups in total. The van der Waals surface area contributed by atoms with Crippen LogP contribution in [0.1, 0.15) is 45.4 Å². The van der Waals surface area contributed by atoms with Crippen LogP contribution in [0, 0.1) is 5.92 Å². The van der Waals surface area contributed by atoms with Gasteiger partial charge in [-0.25, -0.2) is 9.59 Å². The molecule has 0 atom stereocenters. The van der Waals surface area contributed by atoms with E-state index in [1.54, 1.807) is 0 Å². The van der Waals surface area contributed by atoms with E-state index in [0.717, 1.165) is 12.8 Å². The van der Waals surface area contributed by atoms with E-state index in [1.165, 1.54) is 25.0 Å². The largest absolute Gasteiger partial charge is 0.237 e. The van der Waals surface area contributed by atoms with Crippen LogP contribution in [0.25, 0.3) is 0 Å². The van der Waals surface area contributed by atoms with Crippen molar-refractivity contribution >= 4 is 12.2 Å². The molecule has 15 heavy (non-hydrogen) atoms. The number of hydrogen-bond acceptors (Lipinski definition) is 4. The molecule has 0 amide bonds. The molecule has 0 spiro atoms. The molecule has 0 aliphatic heterocycles. The van der Waals surface area contributed by atoms with Crippen LogP contribution in [0.2, 0.25) is 0 Å². The molecule has 4 heteroatoms. The lowest BCUT2D eigenvalue weighted by Crippen LogP contribution is -2.30. The summed E-state index contributed by atoms with van der Waals surface area (Å²) in [6.45, 7) is 2.16. The maximum Gasteiger partial charge on any atom is 0.237 e. The molecule has 1 saturated carbocycles. The van der Waals surface area contributed by atoms with Gasteiger partial charge in [-0.1, -0.05) is 19.8 Å². The summed E-state index contributed by atoms with van der Waals surface area (Å²) < 4.78 is 0. The standard InChI is InChI=1S/C11H16N2O2/c1-2-3-10-4-6-11(7-5-10,12-8-14)13-9-15/h10H,2-7H2,1H3. The van der Waals surface area contributed by atoms with Gasteiger partial charge in [0, 0.05) is 0 Å². The predicted octanol–water partition coefficient (Wildman–Crippen LogP) is 2.34. The summed E-state index contributed by atoms with van der Waals surface area (Å²) in [4.78, 5) is 27.9. The van der Waals surface area contributed by atoms with Crippen molar-refractivity contribution in [2.24, 2.45) is 15.9 Å². The molecule has 0 heterocycles. The SMILES string of the molecule is CCCC1CCC(N=C=O)(N=C=O)CC1. The molecule has 0 bridgehead atoms. The zero-order valence-electron chi connectivity index (χ0n) is 9.03. The average Bonchev–Trinajstić information content (AvgIpc) is 2.23. The van der Waals surface area contributed by atoms with Gasteiger partial charge in [0.1, 0.15) is 0 Å². The molecule has 0 aromatic carbocycles. The van der Waals surface area contributed by atoms with Crippen LogP contribution in [-0.4, -0.2) is 17.8 Å². The molecule has 82 valence electrons. The minimum Gasteiger partial charge on any atom is -0.211 e. The molecular formula is C11H16N2O2. The third kappa shape index (κ3) is 3.12. The van der Waals surface area contributed by atoms with E-state index in [-0.39, 0.29) is 0 Å². The van der Waals surface area contributed by atoms with Crippen LogP contribution in [0.5, 0.6) is 0 Å². The third-order valence-corrected chi connectivity index (χ3v) is 3.11. The van der Waals surface area contributed by atoms with Crippen molar-refractivity contribution in [2.75, 3.05) is 0 Å².